The standard InChI is InChI=1S/C12H8N2O4/c1-3-5-7(13-11(17)9(5)15)4(2)8-6(3)10(16)12(18)14-8/h1-2H3,(H,13,15,17)(H,14,16,18). The van der Waals surface area contributed by atoms with E-state index < -0.39 is 22.0 Å². The maximum absolute atomic E-state index is 11.7. The monoisotopic (exact) mass is 244 g/mol. The highest BCUT2D eigenvalue weighted by atomic mass is 16.2. The van der Waals surface area contributed by atoms with Gasteiger partial charge in [0.05, 0.1) is 21.8 Å². The van der Waals surface area contributed by atoms with Crippen LogP contribution in [0.2, 0.25) is 0 Å². The van der Waals surface area contributed by atoms with Crippen LogP contribution in [0.4, 0.5) is 0 Å². The zero-order valence-electron chi connectivity index (χ0n) is 9.63. The lowest BCUT2D eigenvalue weighted by Gasteiger charge is -2.02. The molecular formula is C12H8N2O4. The van der Waals surface area contributed by atoms with Crippen LogP contribution >= 0.6 is 0 Å². The first-order chi connectivity index (χ1) is 8.43. The molecule has 90 valence electrons. The number of hydrogen-bond donors (Lipinski definition) is 2. The molecule has 0 aliphatic carbocycles. The summed E-state index contributed by atoms with van der Waals surface area (Å²) in [6.45, 7) is 3.21. The van der Waals surface area contributed by atoms with E-state index in [9.17, 15) is 19.2 Å². The van der Waals surface area contributed by atoms with Gasteiger partial charge in [-0.25, -0.2) is 0 Å². The van der Waals surface area contributed by atoms with Gasteiger partial charge >= 0.3 is 0 Å². The van der Waals surface area contributed by atoms with Gasteiger partial charge in [0.25, 0.3) is 22.0 Å². The molecule has 1 aromatic carbocycles. The van der Waals surface area contributed by atoms with E-state index in [0.717, 1.165) is 0 Å². The molecule has 2 aromatic heterocycles. The number of nitrogens with one attached hydrogen (secondary N) is 2. The normalized spacial score (nSPS) is 11.7. The van der Waals surface area contributed by atoms with E-state index >= 15 is 0 Å². The maximum Gasteiger partial charge on any atom is 0.296 e. The molecule has 2 heterocycles. The number of aryl methyl sites for hydroxylation is 2. The number of rotatable bonds is 0. The minimum atomic E-state index is -0.710. The average Bonchev–Trinajstić information content (AvgIpc) is 2.77. The van der Waals surface area contributed by atoms with Crippen LogP contribution in [0.5, 0.6) is 0 Å². The third-order valence-electron chi connectivity index (χ3n) is 3.34. The number of aromatic amines is 2. The number of H-pyrrole nitrogens is 2. The minimum absolute atomic E-state index is 0.195. The van der Waals surface area contributed by atoms with Crippen LogP contribution < -0.4 is 22.0 Å². The van der Waals surface area contributed by atoms with Crippen molar-refractivity contribution in [2.75, 3.05) is 0 Å². The lowest BCUT2D eigenvalue weighted by Crippen LogP contribution is -2.21. The van der Waals surface area contributed by atoms with Gasteiger partial charge in [0.15, 0.2) is 0 Å². The summed E-state index contributed by atoms with van der Waals surface area (Å²) < 4.78 is 0. The molecule has 0 spiro atoms. The summed E-state index contributed by atoms with van der Waals surface area (Å²) >= 11 is 0. The largest absolute Gasteiger partial charge is 0.318 e. The average molecular weight is 244 g/mol. The molecule has 3 rings (SSSR count). The number of benzene rings is 1. The second kappa shape index (κ2) is 3.04. The second-order valence-corrected chi connectivity index (χ2v) is 4.32. The Bertz CT molecular complexity index is 933. The summed E-state index contributed by atoms with van der Waals surface area (Å²) in [7, 11) is 0. The predicted molar refractivity (Wildman–Crippen MR) is 67.1 cm³/mol. The van der Waals surface area contributed by atoms with Crippen LogP contribution in [0.1, 0.15) is 11.1 Å². The van der Waals surface area contributed by atoms with E-state index in [-0.39, 0.29) is 10.8 Å². The van der Waals surface area contributed by atoms with E-state index in [1.807, 2.05) is 0 Å². The van der Waals surface area contributed by atoms with Crippen LogP contribution in [-0.2, 0) is 0 Å². The molecular weight excluding hydrogens is 236 g/mol. The zero-order valence-corrected chi connectivity index (χ0v) is 9.63. The van der Waals surface area contributed by atoms with E-state index in [1.54, 1.807) is 13.8 Å². The van der Waals surface area contributed by atoms with Crippen LogP contribution in [0, 0.1) is 13.8 Å². The van der Waals surface area contributed by atoms with Gasteiger partial charge in [-0.05, 0) is 25.0 Å². The highest BCUT2D eigenvalue weighted by Crippen LogP contribution is 2.24. The lowest BCUT2D eigenvalue weighted by atomic mass is 10.0. The van der Waals surface area contributed by atoms with Crippen LogP contribution in [0.3, 0.4) is 0 Å². The van der Waals surface area contributed by atoms with Crippen molar-refractivity contribution in [2.24, 2.45) is 0 Å². The lowest BCUT2D eigenvalue weighted by molar-refractivity contribution is 1.30. The van der Waals surface area contributed by atoms with E-state index in [1.165, 1.54) is 0 Å². The van der Waals surface area contributed by atoms with Crippen molar-refractivity contribution in [1.29, 1.82) is 0 Å². The minimum Gasteiger partial charge on any atom is -0.318 e. The summed E-state index contributed by atoms with van der Waals surface area (Å²) in [6.07, 6.45) is 0. The molecule has 3 aromatic rings. The summed E-state index contributed by atoms with van der Waals surface area (Å²) in [6, 6.07) is 0. The molecule has 0 aliphatic heterocycles. The topological polar surface area (TPSA) is 99.9 Å². The first-order valence-corrected chi connectivity index (χ1v) is 5.32. The summed E-state index contributed by atoms with van der Waals surface area (Å²) in [5, 5.41) is 0.391. The number of aromatic nitrogens is 2. The Morgan fingerprint density at radius 2 is 1.06 bits per heavy atom. The predicted octanol–water partition coefficient (Wildman–Crippen LogP) is -0.418. The maximum atomic E-state index is 11.7. The van der Waals surface area contributed by atoms with Gasteiger partial charge in [0, 0.05) is 0 Å². The first kappa shape index (κ1) is 10.6. The van der Waals surface area contributed by atoms with E-state index in [4.69, 9.17) is 0 Å². The molecule has 2 N–H and O–H groups in total. The summed E-state index contributed by atoms with van der Waals surface area (Å²) in [5.74, 6) is 0. The van der Waals surface area contributed by atoms with Gasteiger partial charge < -0.3 is 9.97 Å². The molecule has 6 heteroatoms. The van der Waals surface area contributed by atoms with Crippen LogP contribution in [0.25, 0.3) is 21.8 Å². The van der Waals surface area contributed by atoms with Gasteiger partial charge in [-0.1, -0.05) is 0 Å². The highest BCUT2D eigenvalue weighted by molar-refractivity contribution is 6.02. The fraction of sp³-hybridized carbons (Fsp3) is 0.167. The van der Waals surface area contributed by atoms with Gasteiger partial charge in [0.2, 0.25) is 0 Å². The molecule has 0 saturated heterocycles. The van der Waals surface area contributed by atoms with E-state index in [0.29, 0.717) is 22.2 Å². The van der Waals surface area contributed by atoms with Crippen LogP contribution in [0.15, 0.2) is 19.2 Å². The number of hydrogen-bond acceptors (Lipinski definition) is 4. The van der Waals surface area contributed by atoms with Crippen molar-refractivity contribution in [3.63, 3.8) is 0 Å². The van der Waals surface area contributed by atoms with Crippen molar-refractivity contribution < 1.29 is 0 Å². The quantitative estimate of drug-likeness (QED) is 0.524. The molecule has 0 amide bonds. The van der Waals surface area contributed by atoms with Crippen LogP contribution in [-0.4, -0.2) is 9.97 Å². The second-order valence-electron chi connectivity index (χ2n) is 4.32. The molecule has 0 bridgehead atoms. The summed E-state index contributed by atoms with van der Waals surface area (Å²) in [4.78, 5) is 51.1. The van der Waals surface area contributed by atoms with Crippen molar-refractivity contribution in [2.45, 2.75) is 13.8 Å². The highest BCUT2D eigenvalue weighted by Gasteiger charge is 2.19. The van der Waals surface area contributed by atoms with Gasteiger partial charge in [-0.3, -0.25) is 19.2 Å². The third-order valence-corrected chi connectivity index (χ3v) is 3.34. The molecule has 18 heavy (non-hydrogen) atoms. The first-order valence-electron chi connectivity index (χ1n) is 5.32. The van der Waals surface area contributed by atoms with Crippen molar-refractivity contribution in [1.82, 2.24) is 9.97 Å². The zero-order chi connectivity index (χ0) is 13.2. The van der Waals surface area contributed by atoms with Gasteiger partial charge in [-0.2, -0.15) is 0 Å². The Balaban J connectivity index is 2.88. The molecule has 0 atom stereocenters. The fourth-order valence-electron chi connectivity index (χ4n) is 2.45. The summed E-state index contributed by atoms with van der Waals surface area (Å²) in [5.41, 5.74) is -1.08. The smallest absolute Gasteiger partial charge is 0.296 e. The Labute approximate surface area is 98.6 Å². The fourth-order valence-corrected chi connectivity index (χ4v) is 2.45. The van der Waals surface area contributed by atoms with Crippen molar-refractivity contribution in [3.8, 4) is 0 Å². The van der Waals surface area contributed by atoms with E-state index in [2.05, 4.69) is 9.97 Å². The van der Waals surface area contributed by atoms with Gasteiger partial charge in [-0.15, -0.1) is 0 Å². The SMILES string of the molecule is Cc1c2[nH]c(=O)c(=O)c2c(C)c2c(=O)c(=O)[nH]c12. The Hall–Kier alpha value is -2.50. The molecule has 0 aliphatic rings. The Morgan fingerprint density at radius 3 is 1.44 bits per heavy atom. The Kier molecular flexibility index (Phi) is 1.80. The van der Waals surface area contributed by atoms with Gasteiger partial charge in [0.1, 0.15) is 0 Å². The Morgan fingerprint density at radius 1 is 0.667 bits per heavy atom. The molecule has 0 saturated carbocycles. The third kappa shape index (κ3) is 1.02. The van der Waals surface area contributed by atoms with Crippen molar-refractivity contribution in [3.05, 3.63) is 52.3 Å². The molecule has 0 unspecified atom stereocenters. The molecule has 0 radical (unpaired) electrons. The number of fused-ring (bicyclic) bond motifs is 2. The molecule has 6 nitrogen and oxygen atoms in total. The molecule has 0 fully saturated rings. The van der Waals surface area contributed by atoms with Crippen molar-refractivity contribution >= 4 is 21.8 Å².